The molecule has 0 aliphatic rings. The molecule has 90 valence electrons. The molecule has 0 unspecified atom stereocenters. The first-order valence-corrected chi connectivity index (χ1v) is 5.70. The van der Waals surface area contributed by atoms with Gasteiger partial charge in [-0.25, -0.2) is 9.37 Å². The van der Waals surface area contributed by atoms with Gasteiger partial charge in [0.05, 0.1) is 0 Å². The second-order valence-electron chi connectivity index (χ2n) is 3.76. The van der Waals surface area contributed by atoms with Crippen LogP contribution in [-0.4, -0.2) is 9.55 Å². The van der Waals surface area contributed by atoms with Gasteiger partial charge in [0.15, 0.2) is 0 Å². The Morgan fingerprint density at radius 1 is 1.47 bits per heavy atom. The lowest BCUT2D eigenvalue weighted by atomic mass is 10.1. The molecule has 0 amide bonds. The topological polar surface area (TPSA) is 43.8 Å². The molecule has 1 heterocycles. The van der Waals surface area contributed by atoms with Gasteiger partial charge >= 0.3 is 0 Å². The highest BCUT2D eigenvalue weighted by molar-refractivity contribution is 6.30. The van der Waals surface area contributed by atoms with Gasteiger partial charge in [-0.1, -0.05) is 11.6 Å². The molecule has 0 radical (unpaired) electrons. The summed E-state index contributed by atoms with van der Waals surface area (Å²) < 4.78 is 15.6. The zero-order chi connectivity index (χ0) is 12.6. The Labute approximate surface area is 104 Å². The second kappa shape index (κ2) is 4.37. The Kier molecular flexibility index (Phi) is 3.07. The summed E-state index contributed by atoms with van der Waals surface area (Å²) in [5.41, 5.74) is 6.80. The number of nitrogens with zero attached hydrogens (tertiary/aromatic N) is 2. The van der Waals surface area contributed by atoms with Crippen molar-refractivity contribution in [1.82, 2.24) is 9.55 Å². The van der Waals surface area contributed by atoms with Crippen LogP contribution in [0.15, 0.2) is 18.2 Å². The molecule has 17 heavy (non-hydrogen) atoms. The number of nitrogen functional groups attached to an aromatic ring is 1. The molecule has 0 aliphatic heterocycles. The molecule has 3 nitrogen and oxygen atoms in total. The SMILES string of the molecule is CCn1c(C)nc(-c2ccc(Cl)cc2F)c1N. The largest absolute Gasteiger partial charge is 0.383 e. The molecule has 0 spiro atoms. The highest BCUT2D eigenvalue weighted by Crippen LogP contribution is 2.29. The van der Waals surface area contributed by atoms with Crippen LogP contribution in [0.25, 0.3) is 11.3 Å². The molecule has 1 aromatic heterocycles. The molecular weight excluding hydrogens is 241 g/mol. The maximum Gasteiger partial charge on any atom is 0.134 e. The van der Waals surface area contributed by atoms with Crippen molar-refractivity contribution in [3.05, 3.63) is 34.9 Å². The highest BCUT2D eigenvalue weighted by Gasteiger charge is 2.15. The summed E-state index contributed by atoms with van der Waals surface area (Å²) >= 11 is 5.71. The summed E-state index contributed by atoms with van der Waals surface area (Å²) in [7, 11) is 0. The normalized spacial score (nSPS) is 10.8. The maximum absolute atomic E-state index is 13.8. The molecule has 5 heteroatoms. The average Bonchev–Trinajstić information content (AvgIpc) is 2.54. The van der Waals surface area contributed by atoms with E-state index >= 15 is 0 Å². The first-order chi connectivity index (χ1) is 8.04. The van der Waals surface area contributed by atoms with Gasteiger partial charge in [-0.15, -0.1) is 0 Å². The van der Waals surface area contributed by atoms with Crippen LogP contribution >= 0.6 is 11.6 Å². The predicted octanol–water partition coefficient (Wildman–Crippen LogP) is 3.25. The van der Waals surface area contributed by atoms with E-state index in [4.69, 9.17) is 17.3 Å². The number of hydrogen-bond donors (Lipinski definition) is 1. The molecule has 0 bridgehead atoms. The van der Waals surface area contributed by atoms with Crippen LogP contribution in [0.2, 0.25) is 5.02 Å². The Morgan fingerprint density at radius 2 is 2.18 bits per heavy atom. The number of benzene rings is 1. The summed E-state index contributed by atoms with van der Waals surface area (Å²) in [6.07, 6.45) is 0. The lowest BCUT2D eigenvalue weighted by Crippen LogP contribution is -2.02. The van der Waals surface area contributed by atoms with Crippen molar-refractivity contribution in [2.45, 2.75) is 20.4 Å². The van der Waals surface area contributed by atoms with Gasteiger partial charge in [-0.05, 0) is 32.0 Å². The van der Waals surface area contributed by atoms with E-state index in [9.17, 15) is 4.39 Å². The third-order valence-corrected chi connectivity index (χ3v) is 2.94. The van der Waals surface area contributed by atoms with Crippen LogP contribution in [0.5, 0.6) is 0 Å². The zero-order valence-corrected chi connectivity index (χ0v) is 10.4. The Hall–Kier alpha value is -1.55. The third-order valence-electron chi connectivity index (χ3n) is 2.70. The van der Waals surface area contributed by atoms with Gasteiger partial charge < -0.3 is 10.3 Å². The van der Waals surface area contributed by atoms with Crippen molar-refractivity contribution in [2.75, 3.05) is 5.73 Å². The third kappa shape index (κ3) is 2.00. The minimum Gasteiger partial charge on any atom is -0.383 e. The number of halogens is 2. The number of rotatable bonds is 2. The summed E-state index contributed by atoms with van der Waals surface area (Å²) in [4.78, 5) is 4.30. The van der Waals surface area contributed by atoms with Crippen molar-refractivity contribution >= 4 is 17.4 Å². The molecular formula is C12H13ClFN3. The molecule has 1 aromatic carbocycles. The molecule has 0 atom stereocenters. The van der Waals surface area contributed by atoms with Crippen LogP contribution in [0.1, 0.15) is 12.7 Å². The molecule has 2 aromatic rings. The zero-order valence-electron chi connectivity index (χ0n) is 9.67. The van der Waals surface area contributed by atoms with E-state index in [1.807, 2.05) is 18.4 Å². The Balaban J connectivity index is 2.61. The molecule has 2 N–H and O–H groups in total. The second-order valence-corrected chi connectivity index (χ2v) is 4.20. The quantitative estimate of drug-likeness (QED) is 0.893. The fourth-order valence-corrected chi connectivity index (χ4v) is 2.02. The fourth-order valence-electron chi connectivity index (χ4n) is 1.86. The van der Waals surface area contributed by atoms with E-state index in [1.165, 1.54) is 6.07 Å². The van der Waals surface area contributed by atoms with Gasteiger partial charge in [0.2, 0.25) is 0 Å². The summed E-state index contributed by atoms with van der Waals surface area (Å²) in [6.45, 7) is 4.52. The van der Waals surface area contributed by atoms with E-state index in [0.29, 0.717) is 28.6 Å². The van der Waals surface area contributed by atoms with E-state index in [0.717, 1.165) is 5.82 Å². The molecule has 0 aliphatic carbocycles. The van der Waals surface area contributed by atoms with Gasteiger partial charge in [-0.3, -0.25) is 0 Å². The molecule has 2 rings (SSSR count). The average molecular weight is 254 g/mol. The van der Waals surface area contributed by atoms with Crippen molar-refractivity contribution < 1.29 is 4.39 Å². The van der Waals surface area contributed by atoms with Crippen LogP contribution < -0.4 is 5.73 Å². The highest BCUT2D eigenvalue weighted by atomic mass is 35.5. The Morgan fingerprint density at radius 3 is 2.71 bits per heavy atom. The number of imidazole rings is 1. The number of aromatic nitrogens is 2. The lowest BCUT2D eigenvalue weighted by molar-refractivity contribution is 0.631. The van der Waals surface area contributed by atoms with Crippen LogP contribution in [0.4, 0.5) is 10.2 Å². The first-order valence-electron chi connectivity index (χ1n) is 5.32. The van der Waals surface area contributed by atoms with Gasteiger partial charge in [-0.2, -0.15) is 0 Å². The summed E-state index contributed by atoms with van der Waals surface area (Å²) in [6, 6.07) is 4.48. The van der Waals surface area contributed by atoms with Crippen molar-refractivity contribution in [3.63, 3.8) is 0 Å². The number of hydrogen-bond acceptors (Lipinski definition) is 2. The van der Waals surface area contributed by atoms with E-state index in [-0.39, 0.29) is 0 Å². The van der Waals surface area contributed by atoms with E-state index in [1.54, 1.807) is 12.1 Å². The smallest absolute Gasteiger partial charge is 0.134 e. The first kappa shape index (κ1) is 11.9. The van der Waals surface area contributed by atoms with Gasteiger partial charge in [0.25, 0.3) is 0 Å². The molecule has 0 saturated carbocycles. The van der Waals surface area contributed by atoms with Gasteiger partial charge in [0, 0.05) is 17.1 Å². The fraction of sp³-hybridized carbons (Fsp3) is 0.250. The molecule has 0 saturated heterocycles. The van der Waals surface area contributed by atoms with Crippen molar-refractivity contribution in [3.8, 4) is 11.3 Å². The van der Waals surface area contributed by atoms with E-state index in [2.05, 4.69) is 4.98 Å². The summed E-state index contributed by atoms with van der Waals surface area (Å²) in [5.74, 6) is 0.838. The van der Waals surface area contributed by atoms with Crippen LogP contribution in [0, 0.1) is 12.7 Å². The maximum atomic E-state index is 13.8. The Bertz CT molecular complexity index is 563. The van der Waals surface area contributed by atoms with Gasteiger partial charge in [0.1, 0.15) is 23.2 Å². The standard InChI is InChI=1S/C12H13ClFN3/c1-3-17-7(2)16-11(12(17)15)9-5-4-8(13)6-10(9)14/h4-6H,3,15H2,1-2H3. The monoisotopic (exact) mass is 253 g/mol. The van der Waals surface area contributed by atoms with Crippen molar-refractivity contribution in [1.29, 1.82) is 0 Å². The number of anilines is 1. The van der Waals surface area contributed by atoms with E-state index < -0.39 is 5.82 Å². The minimum atomic E-state index is -0.412. The number of nitrogens with two attached hydrogens (primary N) is 1. The number of aryl methyl sites for hydroxylation is 1. The minimum absolute atomic E-state index is 0.358. The van der Waals surface area contributed by atoms with Crippen molar-refractivity contribution in [2.24, 2.45) is 0 Å². The molecule has 0 fully saturated rings. The summed E-state index contributed by atoms with van der Waals surface area (Å²) in [5, 5.41) is 0.358. The van der Waals surface area contributed by atoms with Crippen LogP contribution in [0.3, 0.4) is 0 Å². The lowest BCUT2D eigenvalue weighted by Gasteiger charge is -2.04. The van der Waals surface area contributed by atoms with Crippen LogP contribution in [-0.2, 0) is 6.54 Å². The predicted molar refractivity (Wildman–Crippen MR) is 67.5 cm³/mol.